The molecule has 0 spiro atoms. The summed E-state index contributed by atoms with van der Waals surface area (Å²) in [5.74, 6) is -0.573. The van der Waals surface area contributed by atoms with E-state index in [-0.39, 0.29) is 17.0 Å². The molecule has 0 saturated heterocycles. The van der Waals surface area contributed by atoms with E-state index in [9.17, 15) is 14.9 Å². The van der Waals surface area contributed by atoms with Crippen molar-refractivity contribution in [1.29, 1.82) is 0 Å². The van der Waals surface area contributed by atoms with E-state index in [4.69, 9.17) is 16.8 Å². The van der Waals surface area contributed by atoms with Gasteiger partial charge >= 0.3 is 0 Å². The Bertz CT molecular complexity index is 818. The third-order valence-corrected chi connectivity index (χ3v) is 3.15. The second-order valence-electron chi connectivity index (χ2n) is 4.50. The predicted octanol–water partition coefficient (Wildman–Crippen LogP) is 2.84. The molecule has 0 heterocycles. The van der Waals surface area contributed by atoms with Gasteiger partial charge in [-0.25, -0.2) is 5.43 Å². The molecule has 0 bridgehead atoms. The number of carbonyl (C=O) groups is 1. The fraction of sp³-hybridized carbons (Fsp3) is 0. The molecule has 2 aromatic carbocycles. The summed E-state index contributed by atoms with van der Waals surface area (Å²) in [6, 6.07) is 11.6. The Labute approximate surface area is 141 Å². The van der Waals surface area contributed by atoms with Crippen LogP contribution >= 0.6 is 11.6 Å². The molecule has 0 fully saturated rings. The third-order valence-electron chi connectivity index (χ3n) is 2.92. The Morgan fingerprint density at radius 2 is 1.92 bits per heavy atom. The monoisotopic (exact) mass is 346 g/mol. The fourth-order valence-corrected chi connectivity index (χ4v) is 1.97. The SMILES string of the molecule is O=C(N/N=C(\C=N\O)c1cccc(Cl)c1)c1ccc([N+](=O)[O-])cc1. The molecule has 0 unspecified atom stereocenters. The highest BCUT2D eigenvalue weighted by Crippen LogP contribution is 2.13. The lowest BCUT2D eigenvalue weighted by Gasteiger charge is -2.03. The summed E-state index contributed by atoms with van der Waals surface area (Å²) in [6.07, 6.45) is 1.04. The van der Waals surface area contributed by atoms with Gasteiger partial charge in [0.05, 0.1) is 11.1 Å². The Hall–Kier alpha value is -3.26. The van der Waals surface area contributed by atoms with Gasteiger partial charge in [-0.1, -0.05) is 28.9 Å². The Balaban J connectivity index is 2.19. The van der Waals surface area contributed by atoms with Gasteiger partial charge in [-0.2, -0.15) is 5.10 Å². The molecule has 0 saturated carbocycles. The van der Waals surface area contributed by atoms with Gasteiger partial charge < -0.3 is 5.21 Å². The lowest BCUT2D eigenvalue weighted by atomic mass is 10.1. The molecule has 8 nitrogen and oxygen atoms in total. The van der Waals surface area contributed by atoms with Gasteiger partial charge in [-0.05, 0) is 24.3 Å². The van der Waals surface area contributed by atoms with Crippen LogP contribution in [0.4, 0.5) is 5.69 Å². The molecule has 2 rings (SSSR count). The van der Waals surface area contributed by atoms with Gasteiger partial charge in [-0.3, -0.25) is 14.9 Å². The van der Waals surface area contributed by atoms with Crippen molar-refractivity contribution in [2.24, 2.45) is 10.3 Å². The van der Waals surface area contributed by atoms with E-state index in [1.165, 1.54) is 24.3 Å². The summed E-state index contributed by atoms with van der Waals surface area (Å²) in [6.45, 7) is 0. The first-order chi connectivity index (χ1) is 11.5. The number of rotatable bonds is 5. The van der Waals surface area contributed by atoms with Crippen LogP contribution < -0.4 is 5.43 Å². The number of nitrogens with one attached hydrogen (secondary N) is 1. The zero-order valence-corrected chi connectivity index (χ0v) is 12.8. The van der Waals surface area contributed by atoms with Crippen molar-refractivity contribution >= 4 is 35.1 Å². The van der Waals surface area contributed by atoms with Crippen LogP contribution in [0.1, 0.15) is 15.9 Å². The molecule has 0 aromatic heterocycles. The molecule has 0 atom stereocenters. The number of hydrogen-bond donors (Lipinski definition) is 2. The number of oxime groups is 1. The van der Waals surface area contributed by atoms with Crippen LogP contribution in [0.25, 0.3) is 0 Å². The minimum Gasteiger partial charge on any atom is -0.411 e. The lowest BCUT2D eigenvalue weighted by Crippen LogP contribution is -2.20. The van der Waals surface area contributed by atoms with Crippen molar-refractivity contribution < 1.29 is 14.9 Å². The van der Waals surface area contributed by atoms with Gasteiger partial charge in [0.25, 0.3) is 11.6 Å². The van der Waals surface area contributed by atoms with Crippen molar-refractivity contribution in [3.8, 4) is 0 Å². The second kappa shape index (κ2) is 7.84. The smallest absolute Gasteiger partial charge is 0.271 e. The van der Waals surface area contributed by atoms with Crippen LogP contribution in [0.3, 0.4) is 0 Å². The number of hydrazone groups is 1. The van der Waals surface area contributed by atoms with E-state index in [1.54, 1.807) is 24.3 Å². The number of benzene rings is 2. The minimum atomic E-state index is -0.573. The van der Waals surface area contributed by atoms with E-state index < -0.39 is 10.8 Å². The van der Waals surface area contributed by atoms with Gasteiger partial charge in [-0.15, -0.1) is 0 Å². The van der Waals surface area contributed by atoms with Crippen molar-refractivity contribution in [3.05, 3.63) is 74.8 Å². The van der Waals surface area contributed by atoms with Crippen LogP contribution in [0.2, 0.25) is 5.02 Å². The average molecular weight is 347 g/mol. The topological polar surface area (TPSA) is 117 Å². The van der Waals surface area contributed by atoms with Gasteiger partial charge in [0.2, 0.25) is 0 Å². The van der Waals surface area contributed by atoms with E-state index in [0.29, 0.717) is 10.6 Å². The first-order valence-electron chi connectivity index (χ1n) is 6.57. The second-order valence-corrected chi connectivity index (χ2v) is 4.93. The van der Waals surface area contributed by atoms with Crippen molar-refractivity contribution in [1.82, 2.24) is 5.43 Å². The van der Waals surface area contributed by atoms with E-state index in [1.807, 2.05) is 0 Å². The van der Waals surface area contributed by atoms with Crippen LogP contribution in [0.15, 0.2) is 58.8 Å². The maximum absolute atomic E-state index is 12.0. The maximum Gasteiger partial charge on any atom is 0.271 e. The predicted molar refractivity (Wildman–Crippen MR) is 88.8 cm³/mol. The maximum atomic E-state index is 12.0. The van der Waals surface area contributed by atoms with Crippen LogP contribution in [0, 0.1) is 10.1 Å². The largest absolute Gasteiger partial charge is 0.411 e. The Kier molecular flexibility index (Phi) is 5.58. The minimum absolute atomic E-state index is 0.123. The summed E-state index contributed by atoms with van der Waals surface area (Å²) in [7, 11) is 0. The van der Waals surface area contributed by atoms with Crippen molar-refractivity contribution in [2.45, 2.75) is 0 Å². The van der Waals surface area contributed by atoms with Crippen molar-refractivity contribution in [2.75, 3.05) is 0 Å². The summed E-state index contributed by atoms with van der Waals surface area (Å²) in [5.41, 5.74) is 3.06. The highest BCUT2D eigenvalue weighted by atomic mass is 35.5. The molecule has 2 N–H and O–H groups in total. The van der Waals surface area contributed by atoms with E-state index in [0.717, 1.165) is 6.21 Å². The molecule has 24 heavy (non-hydrogen) atoms. The summed E-state index contributed by atoms with van der Waals surface area (Å²) < 4.78 is 0. The molecule has 2 aromatic rings. The molecule has 0 aliphatic carbocycles. The first-order valence-corrected chi connectivity index (χ1v) is 6.95. The molecule has 0 radical (unpaired) electrons. The molecular weight excluding hydrogens is 336 g/mol. The normalized spacial score (nSPS) is 11.5. The molecule has 0 aliphatic heterocycles. The highest BCUT2D eigenvalue weighted by molar-refractivity contribution is 6.39. The summed E-state index contributed by atoms with van der Waals surface area (Å²) in [5, 5.41) is 26.5. The fourth-order valence-electron chi connectivity index (χ4n) is 1.78. The lowest BCUT2D eigenvalue weighted by molar-refractivity contribution is -0.384. The third kappa shape index (κ3) is 4.37. The van der Waals surface area contributed by atoms with Crippen molar-refractivity contribution in [3.63, 3.8) is 0 Å². The number of carbonyl (C=O) groups excluding carboxylic acids is 1. The van der Waals surface area contributed by atoms with Gasteiger partial charge in [0.15, 0.2) is 0 Å². The highest BCUT2D eigenvalue weighted by Gasteiger charge is 2.10. The number of hydrogen-bond acceptors (Lipinski definition) is 6. The average Bonchev–Trinajstić information content (AvgIpc) is 2.58. The van der Waals surface area contributed by atoms with Crippen LogP contribution in [-0.4, -0.2) is 28.0 Å². The number of amides is 1. The van der Waals surface area contributed by atoms with E-state index >= 15 is 0 Å². The number of non-ortho nitro benzene ring substituents is 1. The number of nitrogens with zero attached hydrogens (tertiary/aromatic N) is 3. The Morgan fingerprint density at radius 1 is 1.21 bits per heavy atom. The van der Waals surface area contributed by atoms with E-state index in [2.05, 4.69) is 15.7 Å². The van der Waals surface area contributed by atoms with Gasteiger partial charge in [0.1, 0.15) is 5.71 Å². The number of nitro benzene ring substituents is 1. The number of nitro groups is 1. The van der Waals surface area contributed by atoms with Crippen LogP contribution in [-0.2, 0) is 0 Å². The standard InChI is InChI=1S/C15H11ClN4O4/c16-12-3-1-2-11(8-12)14(9-17-22)18-19-15(21)10-4-6-13(7-5-10)20(23)24/h1-9,22H,(H,19,21)/b17-9+,18-14+. The molecule has 9 heteroatoms. The van der Waals surface area contributed by atoms with Crippen LogP contribution in [0.5, 0.6) is 0 Å². The molecular formula is C15H11ClN4O4. The molecule has 1 amide bonds. The zero-order valence-electron chi connectivity index (χ0n) is 12.1. The summed E-state index contributed by atoms with van der Waals surface area (Å²) >= 11 is 5.88. The quantitative estimate of drug-likeness (QED) is 0.374. The first kappa shape index (κ1) is 17.1. The summed E-state index contributed by atoms with van der Waals surface area (Å²) in [4.78, 5) is 22.0. The number of halogens is 1. The van der Waals surface area contributed by atoms with Gasteiger partial charge in [0, 0.05) is 28.3 Å². The zero-order chi connectivity index (χ0) is 17.5. The molecule has 0 aliphatic rings. The Morgan fingerprint density at radius 3 is 2.50 bits per heavy atom. The molecule has 122 valence electrons.